The molecule has 0 saturated heterocycles. The van der Waals surface area contributed by atoms with E-state index in [9.17, 15) is 5.11 Å². The molecule has 1 heterocycles. The van der Waals surface area contributed by atoms with Crippen molar-refractivity contribution in [3.05, 3.63) is 71.4 Å². The number of aromatic nitrogens is 1. The number of aliphatic hydroxyl groups is 1. The molecule has 2 heteroatoms. The largest absolute Gasteiger partial charge is 0.387 e. The van der Waals surface area contributed by atoms with Gasteiger partial charge >= 0.3 is 0 Å². The maximum atomic E-state index is 10.5. The first-order valence-electron chi connectivity index (χ1n) is 7.07. The molecule has 0 fully saturated rings. The van der Waals surface area contributed by atoms with Crippen molar-refractivity contribution in [3.8, 4) is 0 Å². The molecule has 3 aromatic rings. The summed E-state index contributed by atoms with van der Waals surface area (Å²) in [6.07, 6.45) is 0.417. The van der Waals surface area contributed by atoms with Crippen LogP contribution in [0.3, 0.4) is 0 Å². The molecule has 20 heavy (non-hydrogen) atoms. The molecule has 0 saturated carbocycles. The van der Waals surface area contributed by atoms with E-state index in [0.29, 0.717) is 5.92 Å². The number of hydrogen-bond donors (Lipinski definition) is 1. The Labute approximate surface area is 118 Å². The zero-order valence-corrected chi connectivity index (χ0v) is 11.5. The third-order valence-electron chi connectivity index (χ3n) is 4.52. The molecule has 1 aliphatic rings. The van der Waals surface area contributed by atoms with Gasteiger partial charge in [-0.25, -0.2) is 0 Å². The van der Waals surface area contributed by atoms with Gasteiger partial charge in [-0.3, -0.25) is 0 Å². The highest BCUT2D eigenvalue weighted by Crippen LogP contribution is 2.48. The molecule has 2 atom stereocenters. The van der Waals surface area contributed by atoms with Crippen molar-refractivity contribution in [1.82, 2.24) is 4.57 Å². The quantitative estimate of drug-likeness (QED) is 0.710. The first-order valence-corrected chi connectivity index (χ1v) is 7.07. The lowest BCUT2D eigenvalue weighted by Crippen LogP contribution is -2.00. The maximum Gasteiger partial charge on any atom is 0.0952 e. The van der Waals surface area contributed by atoms with Gasteiger partial charge in [-0.15, -0.1) is 0 Å². The van der Waals surface area contributed by atoms with Crippen molar-refractivity contribution in [2.24, 2.45) is 7.05 Å². The van der Waals surface area contributed by atoms with E-state index in [2.05, 4.69) is 60.1 Å². The summed E-state index contributed by atoms with van der Waals surface area (Å²) in [6.45, 7) is 0. The van der Waals surface area contributed by atoms with Crippen molar-refractivity contribution in [2.45, 2.75) is 18.4 Å². The average molecular weight is 263 g/mol. The second-order valence-corrected chi connectivity index (χ2v) is 5.59. The third-order valence-corrected chi connectivity index (χ3v) is 4.52. The Morgan fingerprint density at radius 2 is 1.70 bits per heavy atom. The van der Waals surface area contributed by atoms with E-state index < -0.39 is 0 Å². The van der Waals surface area contributed by atoms with Crippen LogP contribution in [0.4, 0.5) is 0 Å². The Morgan fingerprint density at radius 1 is 1.00 bits per heavy atom. The van der Waals surface area contributed by atoms with Crippen LogP contribution in [0.1, 0.15) is 35.3 Å². The molecule has 0 amide bonds. The third kappa shape index (κ3) is 1.49. The molecule has 100 valence electrons. The minimum Gasteiger partial charge on any atom is -0.387 e. The number of benzene rings is 2. The van der Waals surface area contributed by atoms with E-state index in [1.807, 2.05) is 6.07 Å². The van der Waals surface area contributed by atoms with E-state index >= 15 is 0 Å². The molecular formula is C18H17NO. The van der Waals surface area contributed by atoms with Crippen LogP contribution in [0.15, 0.2) is 54.6 Å². The number of aliphatic hydroxyl groups excluding tert-OH is 1. The van der Waals surface area contributed by atoms with Crippen LogP contribution in [-0.4, -0.2) is 9.67 Å². The van der Waals surface area contributed by atoms with Crippen LogP contribution in [0, 0.1) is 0 Å². The predicted octanol–water partition coefficient (Wildman–Crippen LogP) is 3.75. The van der Waals surface area contributed by atoms with Crippen LogP contribution in [0.2, 0.25) is 0 Å². The molecule has 1 aliphatic carbocycles. The molecule has 0 spiro atoms. The van der Waals surface area contributed by atoms with Gasteiger partial charge in [0.25, 0.3) is 0 Å². The Balaban J connectivity index is 2.01. The zero-order chi connectivity index (χ0) is 13.7. The van der Waals surface area contributed by atoms with E-state index in [4.69, 9.17) is 0 Å². The van der Waals surface area contributed by atoms with Gasteiger partial charge < -0.3 is 9.67 Å². The van der Waals surface area contributed by atoms with E-state index in [0.717, 1.165) is 12.1 Å². The van der Waals surface area contributed by atoms with E-state index in [1.165, 1.54) is 22.0 Å². The Bertz CT molecular complexity index is 773. The minimum atomic E-state index is -0.368. The topological polar surface area (TPSA) is 25.2 Å². The molecule has 0 radical (unpaired) electrons. The monoisotopic (exact) mass is 263 g/mol. The molecule has 2 nitrogen and oxygen atoms in total. The number of nitrogens with zero attached hydrogens (tertiary/aromatic N) is 1. The van der Waals surface area contributed by atoms with Crippen molar-refractivity contribution in [2.75, 3.05) is 0 Å². The SMILES string of the molecule is Cn1c2c(c3ccccc31)[C@@H](c1ccccc1)C[C@H]2O. The fourth-order valence-electron chi connectivity index (χ4n) is 3.65. The summed E-state index contributed by atoms with van der Waals surface area (Å²) in [5, 5.41) is 11.7. The van der Waals surface area contributed by atoms with Crippen LogP contribution >= 0.6 is 0 Å². The molecule has 1 N–H and O–H groups in total. The zero-order valence-electron chi connectivity index (χ0n) is 11.5. The predicted molar refractivity (Wildman–Crippen MR) is 80.8 cm³/mol. The highest BCUT2D eigenvalue weighted by molar-refractivity contribution is 5.87. The Kier molecular flexibility index (Phi) is 2.48. The summed E-state index contributed by atoms with van der Waals surface area (Å²) in [5.74, 6) is 0.298. The van der Waals surface area contributed by atoms with Gasteiger partial charge in [-0.05, 0) is 23.6 Å². The molecule has 0 bridgehead atoms. The minimum absolute atomic E-state index is 0.298. The van der Waals surface area contributed by atoms with Gasteiger partial charge in [0.05, 0.1) is 11.8 Å². The molecule has 1 aromatic heterocycles. The standard InChI is InChI=1S/C18H17NO/c1-19-15-10-6-5-9-13(15)17-14(11-16(20)18(17)19)12-7-3-2-4-8-12/h2-10,14,16,20H,11H2,1H3/t14-,16-/m1/s1. The fourth-order valence-corrected chi connectivity index (χ4v) is 3.65. The summed E-state index contributed by atoms with van der Waals surface area (Å²) in [6, 6.07) is 18.9. The molecule has 0 unspecified atom stereocenters. The smallest absolute Gasteiger partial charge is 0.0952 e. The number of hydrogen-bond acceptors (Lipinski definition) is 1. The van der Waals surface area contributed by atoms with Gasteiger partial charge in [-0.2, -0.15) is 0 Å². The first kappa shape index (κ1) is 11.7. The Morgan fingerprint density at radius 3 is 2.50 bits per heavy atom. The summed E-state index contributed by atoms with van der Waals surface area (Å²) < 4.78 is 2.15. The van der Waals surface area contributed by atoms with Gasteiger partial charge in [0.2, 0.25) is 0 Å². The van der Waals surface area contributed by atoms with Crippen molar-refractivity contribution in [3.63, 3.8) is 0 Å². The summed E-state index contributed by atoms with van der Waals surface area (Å²) in [5.41, 5.74) is 4.89. The lowest BCUT2D eigenvalue weighted by Gasteiger charge is -2.12. The summed E-state index contributed by atoms with van der Waals surface area (Å²) in [7, 11) is 2.05. The Hall–Kier alpha value is -2.06. The van der Waals surface area contributed by atoms with Crippen LogP contribution in [0.5, 0.6) is 0 Å². The lowest BCUT2D eigenvalue weighted by molar-refractivity contribution is 0.169. The van der Waals surface area contributed by atoms with Crippen LogP contribution in [0.25, 0.3) is 10.9 Å². The normalized spacial score (nSPS) is 21.3. The van der Waals surface area contributed by atoms with Crippen molar-refractivity contribution >= 4 is 10.9 Å². The number of para-hydroxylation sites is 1. The van der Waals surface area contributed by atoms with E-state index in [1.54, 1.807) is 0 Å². The van der Waals surface area contributed by atoms with Crippen molar-refractivity contribution in [1.29, 1.82) is 0 Å². The van der Waals surface area contributed by atoms with Crippen molar-refractivity contribution < 1.29 is 5.11 Å². The number of rotatable bonds is 1. The summed E-state index contributed by atoms with van der Waals surface area (Å²) >= 11 is 0. The lowest BCUT2D eigenvalue weighted by atomic mass is 9.92. The number of fused-ring (bicyclic) bond motifs is 3. The first-order chi connectivity index (χ1) is 9.77. The van der Waals surface area contributed by atoms with Gasteiger partial charge in [0.15, 0.2) is 0 Å². The molecule has 0 aliphatic heterocycles. The molecule has 4 rings (SSSR count). The van der Waals surface area contributed by atoms with Crippen LogP contribution < -0.4 is 0 Å². The summed E-state index contributed by atoms with van der Waals surface area (Å²) in [4.78, 5) is 0. The highest BCUT2D eigenvalue weighted by Gasteiger charge is 2.35. The van der Waals surface area contributed by atoms with E-state index in [-0.39, 0.29) is 6.10 Å². The van der Waals surface area contributed by atoms with Gasteiger partial charge in [0, 0.05) is 23.9 Å². The maximum absolute atomic E-state index is 10.5. The number of aryl methyl sites for hydroxylation is 1. The molecular weight excluding hydrogens is 246 g/mol. The fraction of sp³-hybridized carbons (Fsp3) is 0.222. The highest BCUT2D eigenvalue weighted by atomic mass is 16.3. The van der Waals surface area contributed by atoms with Crippen LogP contribution in [-0.2, 0) is 7.05 Å². The molecule has 2 aromatic carbocycles. The average Bonchev–Trinajstić information content (AvgIpc) is 2.98. The second kappa shape index (κ2) is 4.22. The van der Waals surface area contributed by atoms with Gasteiger partial charge in [-0.1, -0.05) is 48.5 Å². The second-order valence-electron chi connectivity index (χ2n) is 5.59. The van der Waals surface area contributed by atoms with Gasteiger partial charge in [0.1, 0.15) is 0 Å².